The van der Waals surface area contributed by atoms with Gasteiger partial charge in [0.2, 0.25) is 0 Å². The molecule has 0 saturated carbocycles. The normalized spacial score (nSPS) is 11.0. The van der Waals surface area contributed by atoms with Crippen LogP contribution in [0.15, 0.2) is 47.4 Å². The van der Waals surface area contributed by atoms with Crippen molar-refractivity contribution in [3.63, 3.8) is 0 Å². The fraction of sp³-hybridized carbons (Fsp3) is 0.176. The zero-order valence-corrected chi connectivity index (χ0v) is 14.3. The van der Waals surface area contributed by atoms with Crippen LogP contribution in [0.3, 0.4) is 0 Å². The van der Waals surface area contributed by atoms with Crippen LogP contribution in [0.2, 0.25) is 0 Å². The van der Waals surface area contributed by atoms with Crippen LogP contribution in [0.5, 0.6) is 0 Å². The first kappa shape index (κ1) is 17.7. The quantitative estimate of drug-likeness (QED) is 0.858. The lowest BCUT2D eigenvalue weighted by Gasteiger charge is -2.10. The minimum atomic E-state index is -3.31. The van der Waals surface area contributed by atoms with Gasteiger partial charge in [0, 0.05) is 17.5 Å². The van der Waals surface area contributed by atoms with Gasteiger partial charge in [-0.15, -0.1) is 0 Å². The fourth-order valence-electron chi connectivity index (χ4n) is 2.05. The summed E-state index contributed by atoms with van der Waals surface area (Å²) in [7, 11) is -2.03. The predicted molar refractivity (Wildman–Crippen MR) is 90.0 cm³/mol. The van der Waals surface area contributed by atoms with Gasteiger partial charge in [-0.1, -0.05) is 6.07 Å². The Hall–Kier alpha value is -2.67. The van der Waals surface area contributed by atoms with Crippen molar-refractivity contribution in [3.8, 4) is 0 Å². The summed E-state index contributed by atoms with van der Waals surface area (Å²) in [4.78, 5) is 24.0. The predicted octanol–water partition coefficient (Wildman–Crippen LogP) is 2.44. The second kappa shape index (κ2) is 6.84. The number of methoxy groups -OCH3 is 1. The van der Waals surface area contributed by atoms with Gasteiger partial charge in [0.1, 0.15) is 0 Å². The maximum Gasteiger partial charge on any atom is 0.337 e. The van der Waals surface area contributed by atoms with Crippen molar-refractivity contribution >= 4 is 27.4 Å². The number of nitrogens with one attached hydrogen (secondary N) is 1. The first-order valence-corrected chi connectivity index (χ1v) is 8.92. The van der Waals surface area contributed by atoms with E-state index in [1.165, 1.54) is 37.4 Å². The van der Waals surface area contributed by atoms with Crippen molar-refractivity contribution in [2.45, 2.75) is 11.8 Å². The molecule has 24 heavy (non-hydrogen) atoms. The number of hydrogen-bond acceptors (Lipinski definition) is 5. The Morgan fingerprint density at radius 2 is 1.58 bits per heavy atom. The Balaban J connectivity index is 2.25. The van der Waals surface area contributed by atoms with Crippen LogP contribution < -0.4 is 5.32 Å². The Labute approximate surface area is 140 Å². The zero-order chi connectivity index (χ0) is 17.9. The summed E-state index contributed by atoms with van der Waals surface area (Å²) in [5.41, 5.74) is 1.90. The van der Waals surface area contributed by atoms with E-state index in [4.69, 9.17) is 0 Å². The molecule has 1 N–H and O–H groups in total. The molecule has 0 aromatic heterocycles. The molecule has 0 aliphatic heterocycles. The highest BCUT2D eigenvalue weighted by Crippen LogP contribution is 2.19. The molecule has 6 nitrogen and oxygen atoms in total. The molecule has 0 aliphatic carbocycles. The van der Waals surface area contributed by atoms with Crippen molar-refractivity contribution in [2.24, 2.45) is 0 Å². The van der Waals surface area contributed by atoms with Crippen molar-refractivity contribution in [3.05, 3.63) is 59.2 Å². The molecule has 2 rings (SSSR count). The Morgan fingerprint density at radius 3 is 2.12 bits per heavy atom. The number of esters is 1. The molecule has 0 unspecified atom stereocenters. The van der Waals surface area contributed by atoms with E-state index in [1.54, 1.807) is 19.1 Å². The SMILES string of the molecule is COC(=O)c1ccc(C)c(NC(=O)c2ccc(S(C)(=O)=O)cc2)c1. The highest BCUT2D eigenvalue weighted by atomic mass is 32.2. The number of rotatable bonds is 4. The van der Waals surface area contributed by atoms with E-state index in [9.17, 15) is 18.0 Å². The average molecular weight is 347 g/mol. The van der Waals surface area contributed by atoms with Crippen LogP contribution in [0.4, 0.5) is 5.69 Å². The molecular weight excluding hydrogens is 330 g/mol. The molecule has 126 valence electrons. The van der Waals surface area contributed by atoms with E-state index in [0.29, 0.717) is 16.8 Å². The van der Waals surface area contributed by atoms with E-state index < -0.39 is 21.7 Å². The van der Waals surface area contributed by atoms with Crippen LogP contribution in [-0.4, -0.2) is 33.7 Å². The first-order chi connectivity index (χ1) is 11.2. The second-order valence-electron chi connectivity index (χ2n) is 5.27. The van der Waals surface area contributed by atoms with Gasteiger partial charge >= 0.3 is 5.97 Å². The van der Waals surface area contributed by atoms with E-state index in [2.05, 4.69) is 10.1 Å². The first-order valence-electron chi connectivity index (χ1n) is 7.03. The lowest BCUT2D eigenvalue weighted by atomic mass is 10.1. The second-order valence-corrected chi connectivity index (χ2v) is 7.29. The van der Waals surface area contributed by atoms with Crippen molar-refractivity contribution < 1.29 is 22.7 Å². The zero-order valence-electron chi connectivity index (χ0n) is 13.5. The Morgan fingerprint density at radius 1 is 1.00 bits per heavy atom. The minimum Gasteiger partial charge on any atom is -0.465 e. The van der Waals surface area contributed by atoms with Crippen molar-refractivity contribution in [2.75, 3.05) is 18.7 Å². The fourth-order valence-corrected chi connectivity index (χ4v) is 2.68. The highest BCUT2D eigenvalue weighted by Gasteiger charge is 2.13. The largest absolute Gasteiger partial charge is 0.465 e. The van der Waals surface area contributed by atoms with Gasteiger partial charge in [0.15, 0.2) is 9.84 Å². The molecule has 0 radical (unpaired) electrons. The molecule has 0 bridgehead atoms. The van der Waals surface area contributed by atoms with Gasteiger partial charge in [-0.2, -0.15) is 0 Å². The Kier molecular flexibility index (Phi) is 5.04. The molecule has 0 heterocycles. The Bertz CT molecular complexity index is 886. The van der Waals surface area contributed by atoms with Gasteiger partial charge in [-0.25, -0.2) is 13.2 Å². The summed E-state index contributed by atoms with van der Waals surface area (Å²) in [6, 6.07) is 10.5. The van der Waals surface area contributed by atoms with Crippen LogP contribution >= 0.6 is 0 Å². The number of carbonyl (C=O) groups excluding carboxylic acids is 2. The van der Waals surface area contributed by atoms with Gasteiger partial charge < -0.3 is 10.1 Å². The van der Waals surface area contributed by atoms with E-state index in [-0.39, 0.29) is 4.90 Å². The van der Waals surface area contributed by atoms with Crippen LogP contribution in [0, 0.1) is 6.92 Å². The van der Waals surface area contributed by atoms with Crippen LogP contribution in [-0.2, 0) is 14.6 Å². The number of anilines is 1. The summed E-state index contributed by atoms with van der Waals surface area (Å²) in [5.74, 6) is -0.900. The molecule has 0 fully saturated rings. The van der Waals surface area contributed by atoms with E-state index in [0.717, 1.165) is 11.8 Å². The molecule has 2 aromatic carbocycles. The number of hydrogen-bond donors (Lipinski definition) is 1. The lowest BCUT2D eigenvalue weighted by molar-refractivity contribution is 0.0600. The third kappa shape index (κ3) is 3.99. The number of amides is 1. The highest BCUT2D eigenvalue weighted by molar-refractivity contribution is 7.90. The standard InChI is InChI=1S/C17H17NO5S/c1-11-4-5-13(17(20)23-2)10-15(11)18-16(19)12-6-8-14(9-7-12)24(3,21)22/h4-10H,1-3H3,(H,18,19). The molecule has 0 spiro atoms. The van der Waals surface area contributed by atoms with Crippen molar-refractivity contribution in [1.82, 2.24) is 0 Å². The summed E-state index contributed by atoms with van der Waals surface area (Å²) >= 11 is 0. The van der Waals surface area contributed by atoms with Crippen LogP contribution in [0.1, 0.15) is 26.3 Å². The third-order valence-electron chi connectivity index (χ3n) is 3.45. The van der Waals surface area contributed by atoms with Gasteiger partial charge in [-0.3, -0.25) is 4.79 Å². The maximum atomic E-state index is 12.3. The summed E-state index contributed by atoms with van der Waals surface area (Å²) in [6.45, 7) is 1.80. The third-order valence-corrected chi connectivity index (χ3v) is 4.58. The molecule has 0 aliphatic rings. The number of benzene rings is 2. The molecule has 2 aromatic rings. The van der Waals surface area contributed by atoms with E-state index >= 15 is 0 Å². The number of aryl methyl sites for hydroxylation is 1. The minimum absolute atomic E-state index is 0.142. The van der Waals surface area contributed by atoms with Gasteiger partial charge in [0.25, 0.3) is 5.91 Å². The average Bonchev–Trinajstić information content (AvgIpc) is 2.55. The van der Waals surface area contributed by atoms with Gasteiger partial charge in [-0.05, 0) is 48.9 Å². The molecule has 0 atom stereocenters. The summed E-state index contributed by atoms with van der Waals surface area (Å²) in [5, 5.41) is 2.71. The number of carbonyl (C=O) groups is 2. The number of ether oxygens (including phenoxy) is 1. The van der Waals surface area contributed by atoms with Gasteiger partial charge in [0.05, 0.1) is 17.6 Å². The topological polar surface area (TPSA) is 89.5 Å². The number of sulfone groups is 1. The smallest absolute Gasteiger partial charge is 0.337 e. The molecular formula is C17H17NO5S. The maximum absolute atomic E-state index is 12.3. The van der Waals surface area contributed by atoms with Crippen LogP contribution in [0.25, 0.3) is 0 Å². The summed E-state index contributed by atoms with van der Waals surface area (Å²) < 4.78 is 27.5. The molecule has 0 saturated heterocycles. The summed E-state index contributed by atoms with van der Waals surface area (Å²) in [6.07, 6.45) is 1.10. The molecule has 1 amide bonds. The van der Waals surface area contributed by atoms with E-state index in [1.807, 2.05) is 0 Å². The lowest BCUT2D eigenvalue weighted by Crippen LogP contribution is -2.14. The monoisotopic (exact) mass is 347 g/mol. The molecule has 7 heteroatoms. The van der Waals surface area contributed by atoms with Crippen molar-refractivity contribution in [1.29, 1.82) is 0 Å².